The van der Waals surface area contributed by atoms with Gasteiger partial charge in [-0.05, 0) is 66.9 Å². The predicted octanol–water partition coefficient (Wildman–Crippen LogP) is 8.09. The van der Waals surface area contributed by atoms with Gasteiger partial charge in [0.1, 0.15) is 11.5 Å². The lowest BCUT2D eigenvalue weighted by atomic mass is 9.95. The van der Waals surface area contributed by atoms with Gasteiger partial charge in [0.25, 0.3) is 5.78 Å². The molecular weight excluding hydrogens is 646 g/mol. The Morgan fingerprint density at radius 2 is 1.78 bits per heavy atom. The van der Waals surface area contributed by atoms with Crippen molar-refractivity contribution in [1.82, 2.24) is 10.2 Å². The molecule has 1 atom stereocenters. The number of unbranched alkanes of at least 4 members (excludes halogenated alkanes) is 2. The summed E-state index contributed by atoms with van der Waals surface area (Å²) in [5.74, 6) is 0.168. The molecule has 0 saturated carbocycles. The summed E-state index contributed by atoms with van der Waals surface area (Å²) in [4.78, 5) is 28.7. The largest absolute Gasteiger partial charge is 0.507 e. The Balaban J connectivity index is 1.54. The van der Waals surface area contributed by atoms with E-state index in [1.54, 1.807) is 42.5 Å². The molecule has 2 heterocycles. The number of aromatic nitrogens is 2. The number of aliphatic hydroxyl groups is 1. The highest BCUT2D eigenvalue weighted by Crippen LogP contribution is 2.46. The van der Waals surface area contributed by atoms with Gasteiger partial charge in [-0.25, -0.2) is 0 Å². The summed E-state index contributed by atoms with van der Waals surface area (Å²) in [5.41, 5.74) is 1.76. The minimum Gasteiger partial charge on any atom is -0.507 e. The number of thioether (sulfide) groups is 1. The van der Waals surface area contributed by atoms with Crippen LogP contribution >= 0.6 is 34.7 Å². The number of methoxy groups -OCH3 is 1. The van der Waals surface area contributed by atoms with Crippen molar-refractivity contribution >= 4 is 57.3 Å². The first kappa shape index (κ1) is 33.3. The molecule has 9 nitrogen and oxygen atoms in total. The number of hydrogen-bond donors (Lipinski definition) is 1. The molecule has 0 radical (unpaired) electrons. The van der Waals surface area contributed by atoms with Crippen LogP contribution < -0.4 is 19.1 Å². The average molecular weight is 680 g/mol. The SMILES string of the molecule is CCCCCOc1ccc(C2/C(=C(/O)c3ccc(OCC)cc3)C(=O)C(=O)N2c2nnc(SCc3ccccc3Cl)s2)cc1OC. The van der Waals surface area contributed by atoms with Gasteiger partial charge in [-0.2, -0.15) is 0 Å². The lowest BCUT2D eigenvalue weighted by Crippen LogP contribution is -2.29. The van der Waals surface area contributed by atoms with Crippen molar-refractivity contribution in [2.75, 3.05) is 25.2 Å². The van der Waals surface area contributed by atoms with E-state index in [9.17, 15) is 14.7 Å². The maximum absolute atomic E-state index is 13.7. The molecule has 1 amide bonds. The van der Waals surface area contributed by atoms with Gasteiger partial charge in [-0.15, -0.1) is 10.2 Å². The van der Waals surface area contributed by atoms with Crippen molar-refractivity contribution in [3.63, 3.8) is 0 Å². The van der Waals surface area contributed by atoms with Gasteiger partial charge in [-0.3, -0.25) is 14.5 Å². The number of carbonyl (C=O) groups excluding carboxylic acids is 2. The predicted molar refractivity (Wildman–Crippen MR) is 181 cm³/mol. The van der Waals surface area contributed by atoms with E-state index in [2.05, 4.69) is 17.1 Å². The monoisotopic (exact) mass is 679 g/mol. The number of aliphatic hydroxyl groups excluding tert-OH is 1. The van der Waals surface area contributed by atoms with Crippen LogP contribution in [-0.4, -0.2) is 47.3 Å². The van der Waals surface area contributed by atoms with Gasteiger partial charge < -0.3 is 19.3 Å². The number of ether oxygens (including phenoxy) is 3. The zero-order valence-electron chi connectivity index (χ0n) is 25.7. The van der Waals surface area contributed by atoms with Crippen LogP contribution in [0.25, 0.3) is 5.76 Å². The van der Waals surface area contributed by atoms with Crippen LogP contribution in [0.4, 0.5) is 5.13 Å². The Labute approximate surface area is 281 Å². The highest BCUT2D eigenvalue weighted by molar-refractivity contribution is 8.00. The number of carbonyl (C=O) groups is 2. The number of halogens is 1. The molecule has 5 rings (SSSR count). The molecule has 240 valence electrons. The molecule has 1 saturated heterocycles. The van der Waals surface area contributed by atoms with E-state index in [1.807, 2.05) is 31.2 Å². The van der Waals surface area contributed by atoms with Gasteiger partial charge in [0.2, 0.25) is 5.13 Å². The molecule has 0 aliphatic carbocycles. The molecule has 1 N–H and O–H groups in total. The first-order chi connectivity index (χ1) is 22.4. The lowest BCUT2D eigenvalue weighted by Gasteiger charge is -2.23. The quantitative estimate of drug-likeness (QED) is 0.0353. The van der Waals surface area contributed by atoms with Crippen LogP contribution in [0.5, 0.6) is 17.2 Å². The molecule has 0 spiro atoms. The van der Waals surface area contributed by atoms with E-state index in [4.69, 9.17) is 25.8 Å². The smallest absolute Gasteiger partial charge is 0.301 e. The van der Waals surface area contributed by atoms with Crippen LogP contribution in [0.1, 0.15) is 55.8 Å². The molecule has 1 fully saturated rings. The summed E-state index contributed by atoms with van der Waals surface area (Å²) in [6.07, 6.45) is 3.01. The van der Waals surface area contributed by atoms with Crippen molar-refractivity contribution in [1.29, 1.82) is 0 Å². The third kappa shape index (κ3) is 7.32. The summed E-state index contributed by atoms with van der Waals surface area (Å²) < 4.78 is 17.8. The summed E-state index contributed by atoms with van der Waals surface area (Å²) >= 11 is 8.93. The summed E-state index contributed by atoms with van der Waals surface area (Å²) in [7, 11) is 1.53. The number of benzene rings is 3. The standard InChI is InChI=1S/C34H34ClN3O6S2/c1-4-6-9-18-44-26-17-14-22(19-27(26)42-3)29-28(30(39)21-12-15-24(16-13-21)43-5-2)31(40)32(41)38(29)33-36-37-34(46-33)45-20-23-10-7-8-11-25(23)35/h7-8,10-17,19,29,39H,4-6,9,18,20H2,1-3H3/b30-28-. The second-order valence-electron chi connectivity index (χ2n) is 10.3. The van der Waals surface area contributed by atoms with E-state index < -0.39 is 17.7 Å². The van der Waals surface area contributed by atoms with Crippen LogP contribution in [0.2, 0.25) is 5.02 Å². The summed E-state index contributed by atoms with van der Waals surface area (Å²) in [6.45, 7) is 5.01. The third-order valence-corrected chi connectivity index (χ3v) is 9.78. The van der Waals surface area contributed by atoms with Crippen LogP contribution in [0, 0.1) is 0 Å². The van der Waals surface area contributed by atoms with Gasteiger partial charge >= 0.3 is 5.91 Å². The maximum atomic E-state index is 13.7. The molecule has 12 heteroatoms. The van der Waals surface area contributed by atoms with E-state index in [-0.39, 0.29) is 16.5 Å². The fourth-order valence-corrected chi connectivity index (χ4v) is 7.15. The van der Waals surface area contributed by atoms with Crippen molar-refractivity contribution in [2.24, 2.45) is 0 Å². The van der Waals surface area contributed by atoms with Crippen molar-refractivity contribution < 1.29 is 28.9 Å². The van der Waals surface area contributed by atoms with E-state index in [1.165, 1.54) is 35.1 Å². The van der Waals surface area contributed by atoms with E-state index >= 15 is 0 Å². The van der Waals surface area contributed by atoms with Crippen molar-refractivity contribution in [3.05, 3.63) is 94.0 Å². The highest BCUT2D eigenvalue weighted by Gasteiger charge is 2.48. The minimum absolute atomic E-state index is 0.0757. The molecule has 1 unspecified atom stereocenters. The van der Waals surface area contributed by atoms with Crippen LogP contribution in [0.15, 0.2) is 76.6 Å². The molecule has 1 aliphatic heterocycles. The Morgan fingerprint density at radius 3 is 2.50 bits per heavy atom. The normalized spacial score (nSPS) is 15.7. The molecule has 46 heavy (non-hydrogen) atoms. The number of Topliss-reactive ketones (excluding diaryl/α,β-unsaturated/α-hetero) is 1. The van der Waals surface area contributed by atoms with E-state index in [0.29, 0.717) is 56.7 Å². The molecule has 1 aliphatic rings. The topological polar surface area (TPSA) is 111 Å². The van der Waals surface area contributed by atoms with Crippen molar-refractivity contribution in [2.45, 2.75) is 49.2 Å². The molecule has 3 aromatic carbocycles. The molecular formula is C34H34ClN3O6S2. The first-order valence-corrected chi connectivity index (χ1v) is 17.1. The summed E-state index contributed by atoms with van der Waals surface area (Å²) in [6, 6.07) is 18.4. The maximum Gasteiger partial charge on any atom is 0.301 e. The molecule has 1 aromatic heterocycles. The van der Waals surface area contributed by atoms with Crippen LogP contribution in [0.3, 0.4) is 0 Å². The number of ketones is 1. The Bertz CT molecular complexity index is 1730. The van der Waals surface area contributed by atoms with E-state index in [0.717, 1.165) is 24.8 Å². The number of rotatable bonds is 14. The number of amides is 1. The van der Waals surface area contributed by atoms with Gasteiger partial charge in [-0.1, -0.05) is 78.7 Å². The Morgan fingerprint density at radius 1 is 1.00 bits per heavy atom. The highest BCUT2D eigenvalue weighted by atomic mass is 35.5. The lowest BCUT2D eigenvalue weighted by molar-refractivity contribution is -0.132. The molecule has 4 aromatic rings. The summed E-state index contributed by atoms with van der Waals surface area (Å²) in [5, 5.41) is 21.0. The van der Waals surface area contributed by atoms with Gasteiger partial charge in [0.05, 0.1) is 31.9 Å². The average Bonchev–Trinajstić information content (AvgIpc) is 3.64. The molecule has 0 bridgehead atoms. The number of hydrogen-bond acceptors (Lipinski definition) is 10. The fraction of sp³-hybridized carbons (Fsp3) is 0.294. The Kier molecular flexibility index (Phi) is 11.2. The number of anilines is 1. The first-order valence-electron chi connectivity index (χ1n) is 14.9. The van der Waals surface area contributed by atoms with Gasteiger partial charge in [0, 0.05) is 16.3 Å². The fourth-order valence-electron chi connectivity index (χ4n) is 5.00. The zero-order chi connectivity index (χ0) is 32.6. The number of nitrogens with zero attached hydrogens (tertiary/aromatic N) is 3. The Hall–Kier alpha value is -4.06. The van der Waals surface area contributed by atoms with Crippen molar-refractivity contribution in [3.8, 4) is 17.2 Å². The second kappa shape index (κ2) is 15.5. The zero-order valence-corrected chi connectivity index (χ0v) is 28.1. The third-order valence-electron chi connectivity index (χ3n) is 7.30. The minimum atomic E-state index is -1.01. The van der Waals surface area contributed by atoms with Crippen LogP contribution in [-0.2, 0) is 15.3 Å². The van der Waals surface area contributed by atoms with Gasteiger partial charge in [0.15, 0.2) is 15.8 Å². The second-order valence-corrected chi connectivity index (χ2v) is 12.9.